The highest BCUT2D eigenvalue weighted by Gasteiger charge is 2.31. The number of rotatable bonds is 10. The van der Waals surface area contributed by atoms with Gasteiger partial charge in [0.25, 0.3) is 5.91 Å². The molecule has 1 N–H and O–H groups in total. The topological polar surface area (TPSA) is 58.6 Å². The minimum atomic E-state index is -0.535. The van der Waals surface area contributed by atoms with Crippen LogP contribution in [0.3, 0.4) is 0 Å². The zero-order valence-corrected chi connectivity index (χ0v) is 21.5. The van der Waals surface area contributed by atoms with Crippen LogP contribution in [0.2, 0.25) is 0 Å². The zero-order chi connectivity index (χ0) is 23.8. The van der Waals surface area contributed by atoms with Crippen molar-refractivity contribution in [3.8, 4) is 5.75 Å². The lowest BCUT2D eigenvalue weighted by molar-refractivity contribution is -0.143. The molecule has 2 aromatic carbocycles. The lowest BCUT2D eigenvalue weighted by atomic mass is 10.1. The summed E-state index contributed by atoms with van der Waals surface area (Å²) in [7, 11) is 0. The Morgan fingerprint density at radius 1 is 1.15 bits per heavy atom. The highest BCUT2D eigenvalue weighted by atomic mass is 79.9. The molecule has 0 aromatic heterocycles. The van der Waals surface area contributed by atoms with Crippen LogP contribution in [0.5, 0.6) is 5.75 Å². The van der Waals surface area contributed by atoms with Crippen LogP contribution >= 0.6 is 15.9 Å². The van der Waals surface area contributed by atoms with Crippen molar-refractivity contribution in [2.24, 2.45) is 0 Å². The van der Waals surface area contributed by atoms with Crippen LogP contribution in [-0.2, 0) is 22.6 Å². The summed E-state index contributed by atoms with van der Waals surface area (Å²) < 4.78 is 6.71. The Hall–Kier alpha value is -2.34. The lowest BCUT2D eigenvalue weighted by Gasteiger charge is -2.32. The second kappa shape index (κ2) is 12.2. The van der Waals surface area contributed by atoms with Crippen LogP contribution in [0.15, 0.2) is 46.9 Å². The van der Waals surface area contributed by atoms with Gasteiger partial charge in [0.1, 0.15) is 11.8 Å². The minimum absolute atomic E-state index is 0.0696. The Morgan fingerprint density at radius 3 is 2.52 bits per heavy atom. The fourth-order valence-corrected chi connectivity index (χ4v) is 4.90. The largest absolute Gasteiger partial charge is 0.483 e. The molecule has 1 fully saturated rings. The maximum atomic E-state index is 13.4. The molecule has 2 aromatic rings. The van der Waals surface area contributed by atoms with E-state index >= 15 is 0 Å². The quantitative estimate of drug-likeness (QED) is 0.451. The van der Waals surface area contributed by atoms with Gasteiger partial charge >= 0.3 is 0 Å². The molecule has 178 valence electrons. The number of carbonyl (C=O) groups excluding carboxylic acids is 2. The van der Waals surface area contributed by atoms with E-state index in [1.54, 1.807) is 4.90 Å². The van der Waals surface area contributed by atoms with Gasteiger partial charge in [-0.2, -0.15) is 0 Å². The molecule has 1 atom stereocenters. The van der Waals surface area contributed by atoms with Gasteiger partial charge in [-0.25, -0.2) is 0 Å². The summed E-state index contributed by atoms with van der Waals surface area (Å²) in [5.41, 5.74) is 3.32. The second-order valence-corrected chi connectivity index (χ2v) is 9.62. The SMILES string of the molecule is CCc1ccc(OCC(=O)N(Cc2ccccc2C)[C@H](CC)C(=O)NC2CCCC2)c(Br)c1. The normalized spacial score (nSPS) is 14.7. The summed E-state index contributed by atoms with van der Waals surface area (Å²) in [6, 6.07) is 13.6. The Kier molecular flexibility index (Phi) is 9.36. The molecular formula is C27H35BrN2O3. The van der Waals surface area contributed by atoms with E-state index in [9.17, 15) is 9.59 Å². The Labute approximate surface area is 206 Å². The van der Waals surface area contributed by atoms with Gasteiger partial charge in [0.05, 0.1) is 4.47 Å². The number of nitrogens with zero attached hydrogens (tertiary/aromatic N) is 1. The van der Waals surface area contributed by atoms with Crippen molar-refractivity contribution in [3.63, 3.8) is 0 Å². The number of ether oxygens (including phenoxy) is 1. The molecular weight excluding hydrogens is 480 g/mol. The van der Waals surface area contributed by atoms with Crippen LogP contribution in [0.4, 0.5) is 0 Å². The van der Waals surface area contributed by atoms with E-state index in [0.717, 1.165) is 47.7 Å². The van der Waals surface area contributed by atoms with Crippen molar-refractivity contribution in [2.75, 3.05) is 6.61 Å². The molecule has 0 spiro atoms. The van der Waals surface area contributed by atoms with Crippen LogP contribution in [0.1, 0.15) is 62.6 Å². The van der Waals surface area contributed by atoms with Gasteiger partial charge in [-0.3, -0.25) is 9.59 Å². The second-order valence-electron chi connectivity index (χ2n) is 8.77. The molecule has 0 aliphatic heterocycles. The summed E-state index contributed by atoms with van der Waals surface area (Å²) in [6.45, 7) is 6.33. The number of hydrogen-bond acceptors (Lipinski definition) is 3. The number of halogens is 1. The molecule has 1 aliphatic rings. The van der Waals surface area contributed by atoms with Crippen LogP contribution in [0.25, 0.3) is 0 Å². The number of nitrogens with one attached hydrogen (secondary N) is 1. The first-order chi connectivity index (χ1) is 15.9. The van der Waals surface area contributed by atoms with Gasteiger partial charge < -0.3 is 15.0 Å². The van der Waals surface area contributed by atoms with E-state index in [4.69, 9.17) is 4.74 Å². The molecule has 0 unspecified atom stereocenters. The van der Waals surface area contributed by atoms with E-state index in [2.05, 4.69) is 28.2 Å². The van der Waals surface area contributed by atoms with E-state index in [1.165, 1.54) is 5.56 Å². The lowest BCUT2D eigenvalue weighted by Crippen LogP contribution is -2.52. The Balaban J connectivity index is 1.78. The fraction of sp³-hybridized carbons (Fsp3) is 0.481. The molecule has 5 nitrogen and oxygen atoms in total. The molecule has 3 rings (SSSR count). The summed E-state index contributed by atoms with van der Waals surface area (Å²) in [4.78, 5) is 28.3. The predicted molar refractivity (Wildman–Crippen MR) is 135 cm³/mol. The first kappa shape index (κ1) is 25.3. The fourth-order valence-electron chi connectivity index (χ4n) is 4.36. The number of amides is 2. The molecule has 0 radical (unpaired) electrons. The van der Waals surface area contributed by atoms with E-state index in [-0.39, 0.29) is 24.5 Å². The van der Waals surface area contributed by atoms with Crippen LogP contribution < -0.4 is 10.1 Å². The molecule has 1 saturated carbocycles. The maximum Gasteiger partial charge on any atom is 0.261 e. The van der Waals surface area contributed by atoms with Gasteiger partial charge in [0, 0.05) is 12.6 Å². The number of aryl methyl sites for hydroxylation is 2. The average Bonchev–Trinajstić information content (AvgIpc) is 3.32. The van der Waals surface area contributed by atoms with Crippen LogP contribution in [0, 0.1) is 6.92 Å². The third-order valence-electron chi connectivity index (χ3n) is 6.45. The third-order valence-corrected chi connectivity index (χ3v) is 7.06. The first-order valence-corrected chi connectivity index (χ1v) is 12.8. The van der Waals surface area contributed by atoms with E-state index in [0.29, 0.717) is 18.7 Å². The standard InChI is InChI=1S/C27H35BrN2O3/c1-4-20-14-15-25(23(28)16-20)33-18-26(31)30(17-21-11-7-6-10-19(21)3)24(5-2)27(32)29-22-12-8-9-13-22/h6-7,10-11,14-16,22,24H,4-5,8-9,12-13,17-18H2,1-3H3,(H,29,32)/t24-/m1/s1. The molecule has 6 heteroatoms. The third kappa shape index (κ3) is 6.83. The molecule has 0 bridgehead atoms. The molecule has 2 amide bonds. The zero-order valence-electron chi connectivity index (χ0n) is 19.9. The summed E-state index contributed by atoms with van der Waals surface area (Å²) in [5, 5.41) is 3.18. The summed E-state index contributed by atoms with van der Waals surface area (Å²) in [5.74, 6) is 0.359. The highest BCUT2D eigenvalue weighted by Crippen LogP contribution is 2.27. The van der Waals surface area contributed by atoms with E-state index < -0.39 is 6.04 Å². The molecule has 33 heavy (non-hydrogen) atoms. The summed E-state index contributed by atoms with van der Waals surface area (Å²) in [6.07, 6.45) is 5.79. The average molecular weight is 515 g/mol. The van der Waals surface area contributed by atoms with Gasteiger partial charge in [-0.1, -0.05) is 57.0 Å². The van der Waals surface area contributed by atoms with Crippen molar-refractivity contribution >= 4 is 27.7 Å². The molecule has 0 saturated heterocycles. The van der Waals surface area contributed by atoms with Crippen LogP contribution in [-0.4, -0.2) is 35.4 Å². The van der Waals surface area contributed by atoms with Crippen molar-refractivity contribution in [3.05, 3.63) is 63.6 Å². The van der Waals surface area contributed by atoms with Gasteiger partial charge in [-0.15, -0.1) is 0 Å². The van der Waals surface area contributed by atoms with E-state index in [1.807, 2.05) is 56.3 Å². The Bertz CT molecular complexity index is 956. The number of benzene rings is 2. The van der Waals surface area contributed by atoms with Crippen molar-refractivity contribution in [1.29, 1.82) is 0 Å². The van der Waals surface area contributed by atoms with Gasteiger partial charge in [-0.05, 0) is 77.4 Å². The predicted octanol–water partition coefficient (Wildman–Crippen LogP) is 5.56. The summed E-state index contributed by atoms with van der Waals surface area (Å²) >= 11 is 3.54. The highest BCUT2D eigenvalue weighted by molar-refractivity contribution is 9.10. The first-order valence-electron chi connectivity index (χ1n) is 12.0. The maximum absolute atomic E-state index is 13.4. The molecule has 1 aliphatic carbocycles. The van der Waals surface area contributed by atoms with Gasteiger partial charge in [0.2, 0.25) is 5.91 Å². The van der Waals surface area contributed by atoms with Crippen molar-refractivity contribution < 1.29 is 14.3 Å². The number of carbonyl (C=O) groups is 2. The number of hydrogen-bond donors (Lipinski definition) is 1. The smallest absolute Gasteiger partial charge is 0.261 e. The monoisotopic (exact) mass is 514 g/mol. The molecule has 0 heterocycles. The Morgan fingerprint density at radius 2 is 1.88 bits per heavy atom. The van der Waals surface area contributed by atoms with Crippen molar-refractivity contribution in [1.82, 2.24) is 10.2 Å². The van der Waals surface area contributed by atoms with Crippen molar-refractivity contribution in [2.45, 2.75) is 77.9 Å². The van der Waals surface area contributed by atoms with Gasteiger partial charge in [0.15, 0.2) is 6.61 Å². The minimum Gasteiger partial charge on any atom is -0.483 e.